The molecule has 15 heavy (non-hydrogen) atoms. The first-order chi connectivity index (χ1) is 7.22. The highest BCUT2D eigenvalue weighted by Gasteiger charge is 2.09. The van der Waals surface area contributed by atoms with Crippen LogP contribution < -0.4 is 4.74 Å². The van der Waals surface area contributed by atoms with Gasteiger partial charge in [0.1, 0.15) is 5.75 Å². The van der Waals surface area contributed by atoms with Crippen molar-refractivity contribution < 1.29 is 14.6 Å². The maximum absolute atomic E-state index is 10.7. The van der Waals surface area contributed by atoms with E-state index in [9.17, 15) is 4.79 Å². The monoisotopic (exact) mass is 222 g/mol. The maximum atomic E-state index is 10.7. The van der Waals surface area contributed by atoms with Gasteiger partial charge in [0.15, 0.2) is 0 Å². The van der Waals surface area contributed by atoms with E-state index in [0.29, 0.717) is 0 Å². The van der Waals surface area contributed by atoms with Crippen LogP contribution in [-0.4, -0.2) is 18.2 Å². The number of benzene rings is 1. The lowest BCUT2D eigenvalue weighted by atomic mass is 10.1. The van der Waals surface area contributed by atoms with Crippen molar-refractivity contribution in [2.24, 2.45) is 0 Å². The lowest BCUT2D eigenvalue weighted by Gasteiger charge is -2.04. The minimum absolute atomic E-state index is 0.0528. The number of ether oxygens (including phenoxy) is 1. The second-order valence-electron chi connectivity index (χ2n) is 3.16. The number of aliphatic carboxylic acids is 1. The Balaban J connectivity index is 2.58. The van der Waals surface area contributed by atoms with Crippen molar-refractivity contribution in [3.05, 3.63) is 29.1 Å². The first-order valence-electron chi connectivity index (χ1n) is 4.47. The molecule has 0 spiro atoms. The predicted octanol–water partition coefficient (Wildman–Crippen LogP) is 2.54. The Labute approximate surface area is 90.9 Å². The molecule has 0 unspecified atom stereocenters. The molecule has 4 heteroatoms. The van der Waals surface area contributed by atoms with E-state index in [2.05, 4.69) is 0 Å². The standard InChI is InChI=1S/C11H10O3S/c1-14-9-3-2-7(6-10(12)13)8-4-5-15-11(8)9/h2-5H,6H2,1H3,(H,12,13). The quantitative estimate of drug-likeness (QED) is 0.868. The zero-order valence-electron chi connectivity index (χ0n) is 8.19. The summed E-state index contributed by atoms with van der Waals surface area (Å²) in [5, 5.41) is 11.7. The SMILES string of the molecule is COc1ccc(CC(=O)O)c2ccsc12. The molecule has 0 saturated heterocycles. The molecule has 0 aliphatic rings. The normalized spacial score (nSPS) is 10.5. The molecule has 1 aromatic heterocycles. The molecule has 1 heterocycles. The Morgan fingerprint density at radius 1 is 1.47 bits per heavy atom. The molecule has 1 N–H and O–H groups in total. The zero-order chi connectivity index (χ0) is 10.8. The average Bonchev–Trinajstić information content (AvgIpc) is 2.66. The van der Waals surface area contributed by atoms with Crippen LogP contribution in [0.1, 0.15) is 5.56 Å². The Morgan fingerprint density at radius 3 is 2.93 bits per heavy atom. The van der Waals surface area contributed by atoms with Gasteiger partial charge in [0.2, 0.25) is 0 Å². The van der Waals surface area contributed by atoms with Gasteiger partial charge in [-0.05, 0) is 28.5 Å². The number of carboxylic acid groups (broad SMARTS) is 1. The first-order valence-corrected chi connectivity index (χ1v) is 5.35. The van der Waals surface area contributed by atoms with Crippen LogP contribution in [0.25, 0.3) is 10.1 Å². The van der Waals surface area contributed by atoms with Crippen LogP contribution in [-0.2, 0) is 11.2 Å². The number of methoxy groups -OCH3 is 1. The molecule has 3 nitrogen and oxygen atoms in total. The van der Waals surface area contributed by atoms with Crippen LogP contribution in [0.4, 0.5) is 0 Å². The van der Waals surface area contributed by atoms with Crippen molar-refractivity contribution in [1.82, 2.24) is 0 Å². The summed E-state index contributed by atoms with van der Waals surface area (Å²) in [4.78, 5) is 10.7. The van der Waals surface area contributed by atoms with Gasteiger partial charge in [0, 0.05) is 0 Å². The number of carbonyl (C=O) groups is 1. The molecule has 2 aromatic rings. The van der Waals surface area contributed by atoms with Gasteiger partial charge in [-0.25, -0.2) is 0 Å². The third kappa shape index (κ3) is 1.80. The Hall–Kier alpha value is -1.55. The molecule has 0 radical (unpaired) electrons. The van der Waals surface area contributed by atoms with E-state index >= 15 is 0 Å². The molecule has 2 rings (SSSR count). The number of hydrogen-bond donors (Lipinski definition) is 1. The predicted molar refractivity (Wildman–Crippen MR) is 59.7 cm³/mol. The van der Waals surface area contributed by atoms with Gasteiger partial charge < -0.3 is 9.84 Å². The second kappa shape index (κ2) is 3.90. The highest BCUT2D eigenvalue weighted by atomic mass is 32.1. The Kier molecular flexibility index (Phi) is 2.60. The fourth-order valence-corrected chi connectivity index (χ4v) is 2.51. The molecule has 78 valence electrons. The van der Waals surface area contributed by atoms with Gasteiger partial charge in [0.05, 0.1) is 18.2 Å². The van der Waals surface area contributed by atoms with Crippen molar-refractivity contribution in [3.63, 3.8) is 0 Å². The zero-order valence-corrected chi connectivity index (χ0v) is 9.00. The molecule has 0 aliphatic carbocycles. The summed E-state index contributed by atoms with van der Waals surface area (Å²) in [5.41, 5.74) is 0.833. The summed E-state index contributed by atoms with van der Waals surface area (Å²) in [6.45, 7) is 0. The third-order valence-corrected chi connectivity index (χ3v) is 3.16. The van der Waals surface area contributed by atoms with Crippen molar-refractivity contribution in [3.8, 4) is 5.75 Å². The molecule has 0 fully saturated rings. The highest BCUT2D eigenvalue weighted by molar-refractivity contribution is 7.17. The van der Waals surface area contributed by atoms with Crippen LogP contribution >= 0.6 is 11.3 Å². The molecule has 1 aromatic carbocycles. The van der Waals surface area contributed by atoms with E-state index in [1.165, 1.54) is 0 Å². The van der Waals surface area contributed by atoms with Crippen LogP contribution in [0.2, 0.25) is 0 Å². The van der Waals surface area contributed by atoms with E-state index in [-0.39, 0.29) is 6.42 Å². The lowest BCUT2D eigenvalue weighted by molar-refractivity contribution is -0.136. The van der Waals surface area contributed by atoms with Crippen LogP contribution in [0.15, 0.2) is 23.6 Å². The van der Waals surface area contributed by atoms with E-state index < -0.39 is 5.97 Å². The van der Waals surface area contributed by atoms with E-state index in [1.54, 1.807) is 18.4 Å². The Morgan fingerprint density at radius 2 is 2.27 bits per heavy atom. The molecule has 0 bridgehead atoms. The van der Waals surface area contributed by atoms with E-state index in [1.807, 2.05) is 23.6 Å². The number of hydrogen-bond acceptors (Lipinski definition) is 3. The molecule has 0 saturated carbocycles. The number of rotatable bonds is 3. The summed E-state index contributed by atoms with van der Waals surface area (Å²) in [7, 11) is 1.62. The van der Waals surface area contributed by atoms with E-state index in [0.717, 1.165) is 21.4 Å². The van der Waals surface area contributed by atoms with Gasteiger partial charge in [0.25, 0.3) is 0 Å². The molecule has 0 atom stereocenters. The molecule has 0 aliphatic heterocycles. The van der Waals surface area contributed by atoms with Crippen LogP contribution in [0.5, 0.6) is 5.75 Å². The summed E-state index contributed by atoms with van der Waals surface area (Å²) in [5.74, 6) is -0.0122. The molecular formula is C11H10O3S. The number of thiophene rings is 1. The van der Waals surface area contributed by atoms with Crippen LogP contribution in [0.3, 0.4) is 0 Å². The number of carboxylic acids is 1. The molecular weight excluding hydrogens is 212 g/mol. The lowest BCUT2D eigenvalue weighted by Crippen LogP contribution is -2.00. The van der Waals surface area contributed by atoms with Gasteiger partial charge in [-0.2, -0.15) is 0 Å². The van der Waals surface area contributed by atoms with Crippen molar-refractivity contribution in [2.75, 3.05) is 7.11 Å². The maximum Gasteiger partial charge on any atom is 0.307 e. The van der Waals surface area contributed by atoms with Crippen LogP contribution in [0, 0.1) is 0 Å². The molecule has 0 amide bonds. The van der Waals surface area contributed by atoms with Crippen molar-refractivity contribution in [2.45, 2.75) is 6.42 Å². The second-order valence-corrected chi connectivity index (χ2v) is 4.08. The number of fused-ring (bicyclic) bond motifs is 1. The minimum Gasteiger partial charge on any atom is -0.495 e. The highest BCUT2D eigenvalue weighted by Crippen LogP contribution is 2.33. The summed E-state index contributed by atoms with van der Waals surface area (Å²) < 4.78 is 6.22. The topological polar surface area (TPSA) is 46.5 Å². The Bertz CT molecular complexity index is 502. The van der Waals surface area contributed by atoms with Crippen molar-refractivity contribution >= 4 is 27.4 Å². The van der Waals surface area contributed by atoms with Gasteiger partial charge in [-0.3, -0.25) is 4.79 Å². The summed E-state index contributed by atoms with van der Waals surface area (Å²) in [6.07, 6.45) is 0.0528. The van der Waals surface area contributed by atoms with Gasteiger partial charge >= 0.3 is 5.97 Å². The minimum atomic E-state index is -0.812. The van der Waals surface area contributed by atoms with E-state index in [4.69, 9.17) is 9.84 Å². The van der Waals surface area contributed by atoms with Gasteiger partial charge in [-0.15, -0.1) is 11.3 Å². The van der Waals surface area contributed by atoms with Crippen molar-refractivity contribution in [1.29, 1.82) is 0 Å². The summed E-state index contributed by atoms with van der Waals surface area (Å²) in [6, 6.07) is 5.56. The average molecular weight is 222 g/mol. The van der Waals surface area contributed by atoms with Gasteiger partial charge in [-0.1, -0.05) is 6.07 Å². The smallest absolute Gasteiger partial charge is 0.307 e. The largest absolute Gasteiger partial charge is 0.495 e. The third-order valence-electron chi connectivity index (χ3n) is 2.23. The first kappa shape index (κ1) is 9.98. The summed E-state index contributed by atoms with van der Waals surface area (Å²) >= 11 is 1.56. The fraction of sp³-hybridized carbons (Fsp3) is 0.182. The fourth-order valence-electron chi connectivity index (χ4n) is 1.57.